The summed E-state index contributed by atoms with van der Waals surface area (Å²) in [4.78, 5) is 15.7. The first-order valence-electron chi connectivity index (χ1n) is 4.99. The van der Waals surface area contributed by atoms with Crippen LogP contribution in [-0.2, 0) is 0 Å². The highest BCUT2D eigenvalue weighted by atomic mass is 79.9. The average molecular weight is 292 g/mol. The number of benzene rings is 1. The number of para-hydroxylation sites is 1. The van der Waals surface area contributed by atoms with Crippen molar-refractivity contribution in [2.24, 2.45) is 0 Å². The van der Waals surface area contributed by atoms with Crippen molar-refractivity contribution in [3.63, 3.8) is 0 Å². The molecule has 17 heavy (non-hydrogen) atoms. The van der Waals surface area contributed by atoms with Gasteiger partial charge in [-0.1, -0.05) is 18.2 Å². The van der Waals surface area contributed by atoms with Crippen LogP contribution in [0.1, 0.15) is 0 Å². The maximum Gasteiger partial charge on any atom is 0.324 e. The van der Waals surface area contributed by atoms with Crippen LogP contribution in [0.4, 0.5) is 16.3 Å². The van der Waals surface area contributed by atoms with Gasteiger partial charge >= 0.3 is 6.03 Å². The molecule has 1 heterocycles. The molecule has 4 nitrogen and oxygen atoms in total. The van der Waals surface area contributed by atoms with Gasteiger partial charge in [0.15, 0.2) is 0 Å². The van der Waals surface area contributed by atoms with E-state index in [4.69, 9.17) is 0 Å². The van der Waals surface area contributed by atoms with Gasteiger partial charge in [-0.3, -0.25) is 5.32 Å². The number of anilines is 2. The summed E-state index contributed by atoms with van der Waals surface area (Å²) in [5, 5.41) is 5.36. The molecule has 2 aromatic rings. The Hall–Kier alpha value is -1.88. The number of pyridine rings is 1. The van der Waals surface area contributed by atoms with E-state index in [0.717, 1.165) is 10.2 Å². The van der Waals surface area contributed by atoms with Gasteiger partial charge in [0.25, 0.3) is 0 Å². The van der Waals surface area contributed by atoms with E-state index in [1.165, 1.54) is 0 Å². The number of carbonyl (C=O) groups excluding carboxylic acids is 1. The largest absolute Gasteiger partial charge is 0.324 e. The fourth-order valence-corrected chi connectivity index (χ4v) is 1.62. The predicted molar refractivity (Wildman–Crippen MR) is 71.0 cm³/mol. The molecule has 0 aliphatic rings. The second kappa shape index (κ2) is 5.45. The number of aromatic nitrogens is 1. The van der Waals surface area contributed by atoms with Crippen LogP contribution in [0.3, 0.4) is 0 Å². The summed E-state index contributed by atoms with van der Waals surface area (Å²) in [6.07, 6.45) is 1.61. The predicted octanol–water partition coefficient (Wildman–Crippen LogP) is 3.49. The molecule has 1 aromatic carbocycles. The number of nitrogens with one attached hydrogen (secondary N) is 2. The second-order valence-electron chi connectivity index (χ2n) is 3.28. The van der Waals surface area contributed by atoms with E-state index in [0.29, 0.717) is 5.82 Å². The number of amides is 2. The van der Waals surface area contributed by atoms with Crippen LogP contribution in [-0.4, -0.2) is 11.0 Å². The number of hydrogen-bond acceptors (Lipinski definition) is 2. The number of carbonyl (C=O) groups is 1. The first-order chi connectivity index (χ1) is 8.25. The first kappa shape index (κ1) is 11.6. The first-order valence-corrected chi connectivity index (χ1v) is 5.78. The molecule has 2 N–H and O–H groups in total. The molecule has 0 atom stereocenters. The van der Waals surface area contributed by atoms with Gasteiger partial charge in [-0.2, -0.15) is 0 Å². The standard InChI is InChI=1S/C12H10BrN3O/c13-10-7-4-8-14-11(10)16-12(17)15-9-5-2-1-3-6-9/h1-8H,(H2,14,15,16,17). The van der Waals surface area contributed by atoms with E-state index >= 15 is 0 Å². The highest BCUT2D eigenvalue weighted by Gasteiger charge is 2.05. The van der Waals surface area contributed by atoms with Gasteiger partial charge in [-0.25, -0.2) is 9.78 Å². The molecule has 0 bridgehead atoms. The van der Waals surface area contributed by atoms with E-state index in [2.05, 4.69) is 31.5 Å². The smallest absolute Gasteiger partial charge is 0.308 e. The van der Waals surface area contributed by atoms with Gasteiger partial charge in [0.1, 0.15) is 5.82 Å². The van der Waals surface area contributed by atoms with Gasteiger partial charge in [-0.05, 0) is 40.2 Å². The van der Waals surface area contributed by atoms with E-state index in [-0.39, 0.29) is 6.03 Å². The Morgan fingerprint density at radius 2 is 1.82 bits per heavy atom. The maximum absolute atomic E-state index is 11.7. The Balaban J connectivity index is 2.01. The normalized spacial score (nSPS) is 9.71. The van der Waals surface area contributed by atoms with Crippen molar-refractivity contribution in [2.75, 3.05) is 10.6 Å². The van der Waals surface area contributed by atoms with Crippen LogP contribution in [0, 0.1) is 0 Å². The Morgan fingerprint density at radius 3 is 2.53 bits per heavy atom. The Morgan fingerprint density at radius 1 is 1.06 bits per heavy atom. The van der Waals surface area contributed by atoms with E-state index in [9.17, 15) is 4.79 Å². The molecule has 86 valence electrons. The van der Waals surface area contributed by atoms with Crippen LogP contribution < -0.4 is 10.6 Å². The molecule has 0 saturated carbocycles. The topological polar surface area (TPSA) is 54.0 Å². The molecule has 1 aromatic heterocycles. The average Bonchev–Trinajstić information content (AvgIpc) is 2.33. The summed E-state index contributed by atoms with van der Waals surface area (Å²) in [6.45, 7) is 0. The van der Waals surface area contributed by atoms with Crippen LogP contribution in [0.25, 0.3) is 0 Å². The number of hydrogen-bond donors (Lipinski definition) is 2. The summed E-state index contributed by atoms with van der Waals surface area (Å²) in [5.41, 5.74) is 0.733. The summed E-state index contributed by atoms with van der Waals surface area (Å²) >= 11 is 3.31. The molecule has 5 heteroatoms. The molecule has 2 rings (SSSR count). The zero-order valence-corrected chi connectivity index (χ0v) is 10.4. The molecule has 0 aliphatic carbocycles. The van der Waals surface area contributed by atoms with Crippen molar-refractivity contribution in [2.45, 2.75) is 0 Å². The number of urea groups is 1. The molecule has 0 radical (unpaired) electrons. The SMILES string of the molecule is O=C(Nc1ccccc1)Nc1ncccc1Br. The summed E-state index contributed by atoms with van der Waals surface area (Å²) in [6, 6.07) is 12.5. The lowest BCUT2D eigenvalue weighted by Gasteiger charge is -2.07. The van der Waals surface area contributed by atoms with Crippen molar-refractivity contribution in [3.8, 4) is 0 Å². The highest BCUT2D eigenvalue weighted by Crippen LogP contribution is 2.18. The third kappa shape index (κ3) is 3.29. The van der Waals surface area contributed by atoms with Crippen LogP contribution in [0.5, 0.6) is 0 Å². The lowest BCUT2D eigenvalue weighted by atomic mass is 10.3. The Labute approximate surface area is 107 Å². The van der Waals surface area contributed by atoms with Gasteiger partial charge in [0.2, 0.25) is 0 Å². The van der Waals surface area contributed by atoms with E-state index in [1.807, 2.05) is 36.4 Å². The molecule has 0 unspecified atom stereocenters. The molecule has 0 aliphatic heterocycles. The van der Waals surface area contributed by atoms with E-state index in [1.54, 1.807) is 12.3 Å². The van der Waals surface area contributed by atoms with E-state index < -0.39 is 0 Å². The van der Waals surface area contributed by atoms with Gasteiger partial charge in [0, 0.05) is 11.9 Å². The zero-order valence-electron chi connectivity index (χ0n) is 8.85. The van der Waals surface area contributed by atoms with Crippen LogP contribution >= 0.6 is 15.9 Å². The molecule has 2 amide bonds. The summed E-state index contributed by atoms with van der Waals surface area (Å²) < 4.78 is 0.739. The van der Waals surface area contributed by atoms with Gasteiger partial charge in [-0.15, -0.1) is 0 Å². The third-order valence-corrected chi connectivity index (χ3v) is 2.66. The molecule has 0 fully saturated rings. The number of halogens is 1. The van der Waals surface area contributed by atoms with Gasteiger partial charge < -0.3 is 5.32 Å². The number of nitrogens with zero attached hydrogens (tertiary/aromatic N) is 1. The minimum atomic E-state index is -0.324. The molecule has 0 saturated heterocycles. The monoisotopic (exact) mass is 291 g/mol. The molecular formula is C12H10BrN3O. The number of rotatable bonds is 2. The van der Waals surface area contributed by atoms with Crippen molar-refractivity contribution in [1.82, 2.24) is 4.98 Å². The van der Waals surface area contributed by atoms with Gasteiger partial charge in [0.05, 0.1) is 4.47 Å². The fraction of sp³-hybridized carbons (Fsp3) is 0. The second-order valence-corrected chi connectivity index (χ2v) is 4.13. The summed E-state index contributed by atoms with van der Waals surface area (Å²) in [7, 11) is 0. The van der Waals surface area contributed by atoms with Crippen molar-refractivity contribution in [3.05, 3.63) is 53.1 Å². The quantitative estimate of drug-likeness (QED) is 0.890. The zero-order chi connectivity index (χ0) is 12.1. The van der Waals surface area contributed by atoms with Crippen LogP contribution in [0.2, 0.25) is 0 Å². The molecule has 0 spiro atoms. The summed E-state index contributed by atoms with van der Waals surface area (Å²) in [5.74, 6) is 0.487. The molecular weight excluding hydrogens is 282 g/mol. The maximum atomic E-state index is 11.7. The third-order valence-electron chi connectivity index (χ3n) is 2.02. The minimum Gasteiger partial charge on any atom is -0.308 e. The lowest BCUT2D eigenvalue weighted by Crippen LogP contribution is -2.20. The Bertz CT molecular complexity index is 516. The van der Waals surface area contributed by atoms with Crippen LogP contribution in [0.15, 0.2) is 53.1 Å². The minimum absolute atomic E-state index is 0.324. The fourth-order valence-electron chi connectivity index (χ4n) is 1.27. The highest BCUT2D eigenvalue weighted by molar-refractivity contribution is 9.10. The van der Waals surface area contributed by atoms with Crippen molar-refractivity contribution in [1.29, 1.82) is 0 Å². The lowest BCUT2D eigenvalue weighted by molar-refractivity contribution is 0.262. The van der Waals surface area contributed by atoms with Crippen molar-refractivity contribution >= 4 is 33.5 Å². The van der Waals surface area contributed by atoms with Crippen molar-refractivity contribution < 1.29 is 4.79 Å². The Kier molecular flexibility index (Phi) is 3.72.